The summed E-state index contributed by atoms with van der Waals surface area (Å²) in [6, 6.07) is 19.0. The van der Waals surface area contributed by atoms with Crippen molar-refractivity contribution < 1.29 is 4.79 Å². The monoisotopic (exact) mass is 449 g/mol. The van der Waals surface area contributed by atoms with Crippen LogP contribution >= 0.6 is 11.8 Å². The summed E-state index contributed by atoms with van der Waals surface area (Å²) in [6.45, 7) is 3.77. The van der Waals surface area contributed by atoms with Crippen LogP contribution < -0.4 is 10.9 Å². The van der Waals surface area contributed by atoms with Crippen molar-refractivity contribution in [2.45, 2.75) is 25.0 Å². The molecule has 0 aliphatic rings. The summed E-state index contributed by atoms with van der Waals surface area (Å²) in [7, 11) is 1.81. The third kappa shape index (κ3) is 4.22. The van der Waals surface area contributed by atoms with Gasteiger partial charge in [-0.25, -0.2) is 4.68 Å². The lowest BCUT2D eigenvalue weighted by Crippen LogP contribution is -2.28. The maximum atomic E-state index is 13.2. The lowest BCUT2D eigenvalue weighted by molar-refractivity contribution is -0.119. The van der Waals surface area contributed by atoms with Crippen LogP contribution in [0, 0.1) is 6.92 Å². The Labute approximate surface area is 189 Å². The van der Waals surface area contributed by atoms with Crippen LogP contribution in [0.2, 0.25) is 0 Å². The van der Waals surface area contributed by atoms with Crippen molar-refractivity contribution >= 4 is 17.7 Å². The van der Waals surface area contributed by atoms with Crippen LogP contribution in [0.4, 0.5) is 0 Å². The van der Waals surface area contributed by atoms with Crippen LogP contribution in [0.5, 0.6) is 0 Å². The third-order valence-electron chi connectivity index (χ3n) is 5.19. The topological polar surface area (TPSA) is 99.6 Å². The second kappa shape index (κ2) is 9.23. The first-order chi connectivity index (χ1) is 15.5. The van der Waals surface area contributed by atoms with Crippen molar-refractivity contribution in [2.24, 2.45) is 7.05 Å². The molecule has 9 nitrogen and oxygen atoms in total. The quantitative estimate of drug-likeness (QED) is 0.435. The fourth-order valence-corrected chi connectivity index (χ4v) is 4.13. The predicted molar refractivity (Wildman–Crippen MR) is 122 cm³/mol. The highest BCUT2D eigenvalue weighted by Crippen LogP contribution is 2.20. The first-order valence-electron chi connectivity index (χ1n) is 10.1. The van der Waals surface area contributed by atoms with Crippen LogP contribution in [0.1, 0.15) is 24.2 Å². The summed E-state index contributed by atoms with van der Waals surface area (Å²) in [5.74, 6) is -0.0246. The van der Waals surface area contributed by atoms with Crippen molar-refractivity contribution in [3.05, 3.63) is 82.3 Å². The van der Waals surface area contributed by atoms with E-state index in [0.29, 0.717) is 16.5 Å². The average Bonchev–Trinajstić information content (AvgIpc) is 3.35. The van der Waals surface area contributed by atoms with E-state index >= 15 is 0 Å². The Balaban J connectivity index is 1.53. The second-order valence-electron chi connectivity index (χ2n) is 7.27. The molecule has 2 heterocycles. The number of thioether (sulfide) groups is 1. The van der Waals surface area contributed by atoms with E-state index in [1.807, 2.05) is 81.6 Å². The molecule has 32 heavy (non-hydrogen) atoms. The lowest BCUT2D eigenvalue weighted by atomic mass is 10.1. The standard InChI is InChI=1S/C22H23N7O2S/c1-15(17-10-6-4-7-11-17)23-19(30)14-32-22-24-25-26-28(22)20-16(2)27(3)29(21(20)31)18-12-8-5-9-13-18/h4-13,15H,14H2,1-3H3,(H,23,30)/t15-/m1/s1. The van der Waals surface area contributed by atoms with Crippen LogP contribution in [0.15, 0.2) is 70.6 Å². The number of tetrazole rings is 1. The van der Waals surface area contributed by atoms with E-state index in [9.17, 15) is 9.59 Å². The zero-order valence-corrected chi connectivity index (χ0v) is 18.8. The van der Waals surface area contributed by atoms with Gasteiger partial charge in [0.2, 0.25) is 11.1 Å². The van der Waals surface area contributed by atoms with Gasteiger partial charge in [0, 0.05) is 7.05 Å². The van der Waals surface area contributed by atoms with Gasteiger partial charge in [-0.3, -0.25) is 14.3 Å². The molecule has 4 aromatic rings. The average molecular weight is 450 g/mol. The maximum Gasteiger partial charge on any atom is 0.297 e. The number of nitrogens with zero attached hydrogens (tertiary/aromatic N) is 6. The first-order valence-corrected chi connectivity index (χ1v) is 11.1. The van der Waals surface area contributed by atoms with Crippen molar-refractivity contribution in [1.82, 2.24) is 34.9 Å². The van der Waals surface area contributed by atoms with Gasteiger partial charge in [0.15, 0.2) is 5.69 Å². The molecule has 164 valence electrons. The van der Waals surface area contributed by atoms with E-state index in [-0.39, 0.29) is 23.3 Å². The SMILES string of the molecule is Cc1c(-n2nnnc2SCC(=O)N[C@H](C)c2ccccc2)c(=O)n(-c2ccccc2)n1C. The molecular weight excluding hydrogens is 426 g/mol. The molecule has 4 rings (SSSR count). The van der Waals surface area contributed by atoms with Gasteiger partial charge in [-0.05, 0) is 42.0 Å². The van der Waals surface area contributed by atoms with Crippen molar-refractivity contribution in [3.8, 4) is 11.4 Å². The Hall–Kier alpha value is -3.66. The van der Waals surface area contributed by atoms with E-state index in [1.165, 1.54) is 16.4 Å². The Morgan fingerprint density at radius 1 is 1.09 bits per heavy atom. The van der Waals surface area contributed by atoms with E-state index in [2.05, 4.69) is 20.8 Å². The fraction of sp³-hybridized carbons (Fsp3) is 0.227. The first kappa shape index (κ1) is 21.6. The highest BCUT2D eigenvalue weighted by Gasteiger charge is 2.22. The molecule has 1 amide bonds. The van der Waals surface area contributed by atoms with Gasteiger partial charge >= 0.3 is 0 Å². The highest BCUT2D eigenvalue weighted by atomic mass is 32.2. The number of hydrogen-bond donors (Lipinski definition) is 1. The molecule has 2 aromatic heterocycles. The molecule has 0 saturated carbocycles. The van der Waals surface area contributed by atoms with Gasteiger partial charge in [-0.15, -0.1) is 5.10 Å². The van der Waals surface area contributed by atoms with Gasteiger partial charge in [-0.1, -0.05) is 60.3 Å². The van der Waals surface area contributed by atoms with Crippen LogP contribution in [0.3, 0.4) is 0 Å². The summed E-state index contributed by atoms with van der Waals surface area (Å²) in [4.78, 5) is 25.7. The van der Waals surface area contributed by atoms with E-state index in [4.69, 9.17) is 0 Å². The largest absolute Gasteiger partial charge is 0.349 e. The molecule has 0 bridgehead atoms. The summed E-state index contributed by atoms with van der Waals surface area (Å²) in [6.07, 6.45) is 0. The maximum absolute atomic E-state index is 13.2. The summed E-state index contributed by atoms with van der Waals surface area (Å²) >= 11 is 1.18. The zero-order valence-electron chi connectivity index (χ0n) is 18.0. The molecule has 10 heteroatoms. The van der Waals surface area contributed by atoms with E-state index in [0.717, 1.165) is 11.3 Å². The molecule has 0 unspecified atom stereocenters. The molecule has 0 fully saturated rings. The van der Waals surface area contributed by atoms with Crippen molar-refractivity contribution in [3.63, 3.8) is 0 Å². The molecule has 0 spiro atoms. The molecule has 1 atom stereocenters. The van der Waals surface area contributed by atoms with E-state index in [1.54, 1.807) is 9.36 Å². The Morgan fingerprint density at radius 3 is 2.44 bits per heavy atom. The third-order valence-corrected chi connectivity index (χ3v) is 6.11. The highest BCUT2D eigenvalue weighted by molar-refractivity contribution is 7.99. The number of nitrogens with one attached hydrogen (secondary N) is 1. The van der Waals surface area contributed by atoms with Gasteiger partial charge in [0.1, 0.15) is 0 Å². The zero-order chi connectivity index (χ0) is 22.7. The number of aromatic nitrogens is 6. The number of hydrogen-bond acceptors (Lipinski definition) is 6. The summed E-state index contributed by atoms with van der Waals surface area (Å²) in [5, 5.41) is 15.1. The number of carbonyl (C=O) groups excluding carboxylic acids is 1. The Morgan fingerprint density at radius 2 is 1.75 bits per heavy atom. The van der Waals surface area contributed by atoms with Crippen LogP contribution in [-0.4, -0.2) is 41.2 Å². The Kier molecular flexibility index (Phi) is 6.22. The predicted octanol–water partition coefficient (Wildman–Crippen LogP) is 2.43. The number of benzene rings is 2. The molecule has 0 aliphatic heterocycles. The molecule has 2 aromatic carbocycles. The van der Waals surface area contributed by atoms with Crippen molar-refractivity contribution in [1.29, 1.82) is 0 Å². The number of amides is 1. The van der Waals surface area contributed by atoms with Crippen molar-refractivity contribution in [2.75, 3.05) is 5.75 Å². The minimum atomic E-state index is -0.243. The van der Waals surface area contributed by atoms with Gasteiger partial charge < -0.3 is 5.32 Å². The minimum Gasteiger partial charge on any atom is -0.349 e. The molecular formula is C22H23N7O2S. The molecule has 0 saturated heterocycles. The smallest absolute Gasteiger partial charge is 0.297 e. The summed E-state index contributed by atoms with van der Waals surface area (Å²) in [5.41, 5.74) is 2.58. The minimum absolute atomic E-state index is 0.116. The number of para-hydroxylation sites is 1. The lowest BCUT2D eigenvalue weighted by Gasteiger charge is -2.13. The van der Waals surface area contributed by atoms with Gasteiger partial charge in [-0.2, -0.15) is 4.68 Å². The van der Waals surface area contributed by atoms with Gasteiger partial charge in [0.05, 0.1) is 23.2 Å². The Bertz CT molecular complexity index is 1280. The number of carbonyl (C=O) groups is 1. The molecule has 1 N–H and O–H groups in total. The second-order valence-corrected chi connectivity index (χ2v) is 8.21. The van der Waals surface area contributed by atoms with Crippen LogP contribution in [-0.2, 0) is 11.8 Å². The van der Waals surface area contributed by atoms with Crippen LogP contribution in [0.25, 0.3) is 11.4 Å². The normalized spacial score (nSPS) is 12.0. The molecule has 0 radical (unpaired) electrons. The van der Waals surface area contributed by atoms with E-state index < -0.39 is 0 Å². The fourth-order valence-electron chi connectivity index (χ4n) is 3.45. The summed E-state index contributed by atoms with van der Waals surface area (Å²) < 4.78 is 4.72. The van der Waals surface area contributed by atoms with Gasteiger partial charge in [0.25, 0.3) is 5.56 Å². The number of rotatable bonds is 7. The molecule has 0 aliphatic carbocycles.